The van der Waals surface area contributed by atoms with Crippen molar-refractivity contribution in [1.82, 2.24) is 9.62 Å². The van der Waals surface area contributed by atoms with Crippen molar-refractivity contribution < 1.29 is 8.42 Å². The van der Waals surface area contributed by atoms with E-state index >= 15 is 0 Å². The smallest absolute Gasteiger partial charge is 0.244 e. The molecule has 4 nitrogen and oxygen atoms in total. The normalized spacial score (nSPS) is 17.6. The molecule has 0 aromatic carbocycles. The van der Waals surface area contributed by atoms with E-state index in [-0.39, 0.29) is 6.04 Å². The van der Waals surface area contributed by atoms with Crippen LogP contribution in [0.15, 0.2) is 11.0 Å². The quantitative estimate of drug-likeness (QED) is 0.841. The maximum Gasteiger partial charge on any atom is 0.244 e. The zero-order valence-corrected chi connectivity index (χ0v) is 14.3. The fraction of sp³-hybridized carbons (Fsp3) is 0.714. The molecule has 0 radical (unpaired) electrons. The highest BCUT2D eigenvalue weighted by Gasteiger charge is 2.36. The Morgan fingerprint density at radius 3 is 2.70 bits per heavy atom. The molecule has 1 heterocycles. The minimum atomic E-state index is -3.36. The topological polar surface area (TPSA) is 49.4 Å². The molecule has 1 fully saturated rings. The molecule has 20 heavy (non-hydrogen) atoms. The highest BCUT2D eigenvalue weighted by molar-refractivity contribution is 7.89. The lowest BCUT2D eigenvalue weighted by Crippen LogP contribution is -2.36. The lowest BCUT2D eigenvalue weighted by atomic mass is 10.2. The Morgan fingerprint density at radius 1 is 1.50 bits per heavy atom. The zero-order valence-electron chi connectivity index (χ0n) is 12.6. The van der Waals surface area contributed by atoms with E-state index in [1.165, 1.54) is 0 Å². The highest BCUT2D eigenvalue weighted by atomic mass is 32.2. The van der Waals surface area contributed by atoms with Gasteiger partial charge in [0.05, 0.1) is 4.90 Å². The van der Waals surface area contributed by atoms with Crippen LogP contribution in [0.1, 0.15) is 36.4 Å². The van der Waals surface area contributed by atoms with Gasteiger partial charge in [-0.15, -0.1) is 11.3 Å². The summed E-state index contributed by atoms with van der Waals surface area (Å²) in [5.41, 5.74) is 0. The second kappa shape index (κ2) is 6.13. The van der Waals surface area contributed by atoms with Crippen LogP contribution in [0.25, 0.3) is 0 Å². The van der Waals surface area contributed by atoms with Crippen molar-refractivity contribution in [2.75, 3.05) is 13.6 Å². The second-order valence-corrected chi connectivity index (χ2v) is 8.82. The molecule has 1 aromatic heterocycles. The van der Waals surface area contributed by atoms with Gasteiger partial charge in [-0.3, -0.25) is 0 Å². The van der Waals surface area contributed by atoms with Crippen LogP contribution < -0.4 is 5.32 Å². The number of hydrogen-bond acceptors (Lipinski definition) is 4. The largest absolute Gasteiger partial charge is 0.312 e. The number of nitrogens with zero attached hydrogens (tertiary/aromatic N) is 1. The van der Waals surface area contributed by atoms with E-state index in [1.54, 1.807) is 22.7 Å². The first kappa shape index (κ1) is 15.9. The van der Waals surface area contributed by atoms with Gasteiger partial charge in [0, 0.05) is 29.4 Å². The monoisotopic (exact) mass is 316 g/mol. The van der Waals surface area contributed by atoms with E-state index in [0.29, 0.717) is 10.8 Å². The van der Waals surface area contributed by atoms with Gasteiger partial charge >= 0.3 is 0 Å². The van der Waals surface area contributed by atoms with Crippen molar-refractivity contribution in [2.45, 2.75) is 51.1 Å². The molecule has 2 rings (SSSR count). The van der Waals surface area contributed by atoms with Crippen molar-refractivity contribution in [3.05, 3.63) is 15.8 Å². The van der Waals surface area contributed by atoms with Crippen LogP contribution in [0, 0.1) is 12.8 Å². The number of hydrogen-bond donors (Lipinski definition) is 1. The number of thiophene rings is 1. The van der Waals surface area contributed by atoms with Gasteiger partial charge in [0.2, 0.25) is 10.0 Å². The third-order valence-corrected chi connectivity index (χ3v) is 7.26. The third kappa shape index (κ3) is 3.24. The number of nitrogens with one attached hydrogen (secondary N) is 1. The van der Waals surface area contributed by atoms with E-state index in [0.717, 1.165) is 35.7 Å². The average molecular weight is 316 g/mol. The van der Waals surface area contributed by atoms with Crippen LogP contribution in [-0.2, 0) is 16.6 Å². The van der Waals surface area contributed by atoms with Crippen LogP contribution in [0.2, 0.25) is 0 Å². The first-order valence-electron chi connectivity index (χ1n) is 7.16. The van der Waals surface area contributed by atoms with Gasteiger partial charge in [0.1, 0.15) is 0 Å². The van der Waals surface area contributed by atoms with E-state index < -0.39 is 10.0 Å². The van der Waals surface area contributed by atoms with Gasteiger partial charge in [-0.25, -0.2) is 8.42 Å². The Hall–Kier alpha value is -0.430. The SMILES string of the molecule is CCNCc1cc(S(=O)(=O)N(C)C(C)C2CC2)c(C)s1. The minimum Gasteiger partial charge on any atom is -0.312 e. The van der Waals surface area contributed by atoms with Gasteiger partial charge in [0.25, 0.3) is 0 Å². The fourth-order valence-electron chi connectivity index (χ4n) is 2.37. The van der Waals surface area contributed by atoms with Crippen LogP contribution in [0.4, 0.5) is 0 Å². The average Bonchev–Trinajstić information content (AvgIpc) is 3.18. The summed E-state index contributed by atoms with van der Waals surface area (Å²) in [7, 11) is -1.65. The lowest BCUT2D eigenvalue weighted by Gasteiger charge is -2.24. The molecule has 1 aromatic rings. The fourth-order valence-corrected chi connectivity index (χ4v) is 5.36. The van der Waals surface area contributed by atoms with Crippen molar-refractivity contribution in [2.24, 2.45) is 5.92 Å². The summed E-state index contributed by atoms with van der Waals surface area (Å²) in [6.07, 6.45) is 2.30. The maximum atomic E-state index is 12.7. The lowest BCUT2D eigenvalue weighted by molar-refractivity contribution is 0.357. The van der Waals surface area contributed by atoms with E-state index in [2.05, 4.69) is 5.32 Å². The van der Waals surface area contributed by atoms with Crippen LogP contribution in [-0.4, -0.2) is 32.4 Å². The summed E-state index contributed by atoms with van der Waals surface area (Å²) >= 11 is 1.57. The summed E-state index contributed by atoms with van der Waals surface area (Å²) < 4.78 is 27.0. The zero-order chi connectivity index (χ0) is 14.9. The second-order valence-electron chi connectivity index (χ2n) is 5.51. The van der Waals surface area contributed by atoms with Crippen molar-refractivity contribution >= 4 is 21.4 Å². The molecule has 0 spiro atoms. The van der Waals surface area contributed by atoms with Crippen LogP contribution in [0.5, 0.6) is 0 Å². The molecule has 0 saturated heterocycles. The van der Waals surface area contributed by atoms with Gasteiger partial charge in [-0.1, -0.05) is 6.92 Å². The Bertz CT molecular complexity index is 562. The molecule has 1 atom stereocenters. The first-order chi connectivity index (χ1) is 9.37. The summed E-state index contributed by atoms with van der Waals surface area (Å²) in [6.45, 7) is 7.57. The van der Waals surface area contributed by atoms with Crippen molar-refractivity contribution in [3.8, 4) is 0 Å². The number of aryl methyl sites for hydroxylation is 1. The third-order valence-electron chi connectivity index (χ3n) is 4.01. The maximum absolute atomic E-state index is 12.7. The molecule has 0 amide bonds. The molecule has 1 aliphatic carbocycles. The highest BCUT2D eigenvalue weighted by Crippen LogP contribution is 2.37. The van der Waals surface area contributed by atoms with E-state index in [1.807, 2.05) is 26.8 Å². The summed E-state index contributed by atoms with van der Waals surface area (Å²) in [5, 5.41) is 3.24. The molecule has 0 bridgehead atoms. The molecule has 0 aliphatic heterocycles. The molecule has 1 unspecified atom stereocenters. The predicted molar refractivity (Wildman–Crippen MR) is 83.6 cm³/mol. The summed E-state index contributed by atoms with van der Waals surface area (Å²) in [4.78, 5) is 2.44. The van der Waals surface area contributed by atoms with Crippen LogP contribution >= 0.6 is 11.3 Å². The summed E-state index contributed by atoms with van der Waals surface area (Å²) in [6, 6.07) is 1.92. The molecular formula is C14H24N2O2S2. The van der Waals surface area contributed by atoms with Crippen molar-refractivity contribution in [1.29, 1.82) is 0 Å². The molecule has 1 aliphatic rings. The Balaban J connectivity index is 2.21. The predicted octanol–water partition coefficient (Wildman–Crippen LogP) is 2.59. The molecule has 6 heteroatoms. The minimum absolute atomic E-state index is 0.0940. The van der Waals surface area contributed by atoms with Gasteiger partial charge in [-0.2, -0.15) is 4.31 Å². The molecule has 1 N–H and O–H groups in total. The number of sulfonamides is 1. The summed E-state index contributed by atoms with van der Waals surface area (Å²) in [5.74, 6) is 0.537. The van der Waals surface area contributed by atoms with Gasteiger partial charge < -0.3 is 5.32 Å². The standard InChI is InChI=1S/C14H24N2O2S2/c1-5-15-9-13-8-14(11(3)19-13)20(17,18)16(4)10(2)12-6-7-12/h8,10,12,15H,5-7,9H2,1-4H3. The van der Waals surface area contributed by atoms with Crippen LogP contribution in [0.3, 0.4) is 0 Å². The molecule has 114 valence electrons. The molecular weight excluding hydrogens is 292 g/mol. The van der Waals surface area contributed by atoms with Gasteiger partial charge in [0.15, 0.2) is 0 Å². The Kier molecular flexibility index (Phi) is 4.89. The Labute approximate surface area is 126 Å². The Morgan fingerprint density at radius 2 is 2.15 bits per heavy atom. The first-order valence-corrected chi connectivity index (χ1v) is 9.41. The van der Waals surface area contributed by atoms with Gasteiger partial charge in [-0.05, 0) is 45.2 Å². The van der Waals surface area contributed by atoms with E-state index in [4.69, 9.17) is 0 Å². The van der Waals surface area contributed by atoms with E-state index in [9.17, 15) is 8.42 Å². The molecule has 1 saturated carbocycles. The number of rotatable bonds is 7. The van der Waals surface area contributed by atoms with Crippen molar-refractivity contribution in [3.63, 3.8) is 0 Å².